The minimum atomic E-state index is 0.587. The van der Waals surface area contributed by atoms with Crippen molar-refractivity contribution in [2.45, 2.75) is 45.6 Å². The Morgan fingerprint density at radius 2 is 1.91 bits per heavy atom. The molecular weight excluding hydrogens is 282 g/mol. The van der Waals surface area contributed by atoms with E-state index in [2.05, 4.69) is 61.2 Å². The van der Waals surface area contributed by atoms with Gasteiger partial charge in [0, 0.05) is 30.3 Å². The standard InChI is InChI=1S/C21H27NO/c1-4-5-11-18-15-22(14-17-9-7-6-8-10-17)21-16(2)12-13-19(23-3)20(18)21/h6-10,12-13,18H,4-5,11,14-15H2,1-3H3. The lowest BCUT2D eigenvalue weighted by atomic mass is 9.93. The van der Waals surface area contributed by atoms with Crippen LogP contribution in [0.5, 0.6) is 5.75 Å². The second-order valence-electron chi connectivity index (χ2n) is 6.55. The average molecular weight is 309 g/mol. The fourth-order valence-electron chi connectivity index (χ4n) is 3.77. The highest BCUT2D eigenvalue weighted by Gasteiger charge is 2.32. The van der Waals surface area contributed by atoms with Crippen LogP contribution < -0.4 is 9.64 Å². The highest BCUT2D eigenvalue weighted by molar-refractivity contribution is 5.69. The largest absolute Gasteiger partial charge is 0.496 e. The molecule has 0 fully saturated rings. The molecule has 0 bridgehead atoms. The van der Waals surface area contributed by atoms with E-state index in [-0.39, 0.29) is 0 Å². The summed E-state index contributed by atoms with van der Waals surface area (Å²) in [6.07, 6.45) is 3.77. The van der Waals surface area contributed by atoms with Gasteiger partial charge in [-0.05, 0) is 30.5 Å². The molecule has 1 atom stereocenters. The third-order valence-corrected chi connectivity index (χ3v) is 4.89. The van der Waals surface area contributed by atoms with Crippen molar-refractivity contribution < 1.29 is 4.74 Å². The topological polar surface area (TPSA) is 12.5 Å². The van der Waals surface area contributed by atoms with Crippen LogP contribution in [-0.2, 0) is 6.54 Å². The van der Waals surface area contributed by atoms with Crippen LogP contribution in [0, 0.1) is 6.92 Å². The number of hydrogen-bond acceptors (Lipinski definition) is 2. The van der Waals surface area contributed by atoms with Crippen molar-refractivity contribution in [1.29, 1.82) is 0 Å². The normalized spacial score (nSPS) is 16.5. The summed E-state index contributed by atoms with van der Waals surface area (Å²) < 4.78 is 5.69. The molecule has 1 aliphatic heterocycles. The number of aryl methyl sites for hydroxylation is 1. The van der Waals surface area contributed by atoms with Crippen molar-refractivity contribution >= 4 is 5.69 Å². The molecule has 2 nitrogen and oxygen atoms in total. The zero-order valence-corrected chi connectivity index (χ0v) is 14.5. The monoisotopic (exact) mass is 309 g/mol. The van der Waals surface area contributed by atoms with Crippen molar-refractivity contribution in [2.75, 3.05) is 18.6 Å². The fourth-order valence-corrected chi connectivity index (χ4v) is 3.77. The molecule has 3 rings (SSSR count). The summed E-state index contributed by atoms with van der Waals surface area (Å²) in [5.74, 6) is 1.64. The molecule has 122 valence electrons. The highest BCUT2D eigenvalue weighted by Crippen LogP contribution is 2.46. The molecule has 0 radical (unpaired) electrons. The Balaban J connectivity index is 1.95. The summed E-state index contributed by atoms with van der Waals surface area (Å²) >= 11 is 0. The Labute approximate surface area is 140 Å². The number of methoxy groups -OCH3 is 1. The molecule has 1 heterocycles. The Kier molecular flexibility index (Phi) is 4.90. The van der Waals surface area contributed by atoms with Crippen LogP contribution in [0.1, 0.15) is 48.8 Å². The van der Waals surface area contributed by atoms with Crippen molar-refractivity contribution in [2.24, 2.45) is 0 Å². The third kappa shape index (κ3) is 3.21. The molecular formula is C21H27NO. The van der Waals surface area contributed by atoms with Crippen molar-refractivity contribution in [3.05, 3.63) is 59.2 Å². The number of benzene rings is 2. The first kappa shape index (κ1) is 15.9. The SMILES string of the molecule is CCCCC1CN(Cc2ccccc2)c2c(C)ccc(OC)c21. The van der Waals surface area contributed by atoms with E-state index in [1.807, 2.05) is 0 Å². The second kappa shape index (κ2) is 7.08. The first-order chi connectivity index (χ1) is 11.2. The first-order valence-electron chi connectivity index (χ1n) is 8.71. The number of hydrogen-bond donors (Lipinski definition) is 0. The molecule has 0 N–H and O–H groups in total. The van der Waals surface area contributed by atoms with Gasteiger partial charge < -0.3 is 9.64 Å². The van der Waals surface area contributed by atoms with Gasteiger partial charge in [0.15, 0.2) is 0 Å². The first-order valence-corrected chi connectivity index (χ1v) is 8.71. The summed E-state index contributed by atoms with van der Waals surface area (Å²) in [5.41, 5.74) is 5.55. The molecule has 1 aliphatic rings. The summed E-state index contributed by atoms with van der Waals surface area (Å²) in [4.78, 5) is 2.54. The summed E-state index contributed by atoms with van der Waals surface area (Å²) in [5, 5.41) is 0. The van der Waals surface area contributed by atoms with Crippen LogP contribution in [0.25, 0.3) is 0 Å². The number of anilines is 1. The molecule has 0 amide bonds. The molecule has 2 aromatic rings. The van der Waals surface area contributed by atoms with E-state index in [4.69, 9.17) is 4.74 Å². The van der Waals surface area contributed by atoms with E-state index < -0.39 is 0 Å². The van der Waals surface area contributed by atoms with Crippen LogP contribution in [0.3, 0.4) is 0 Å². The van der Waals surface area contributed by atoms with Gasteiger partial charge in [-0.25, -0.2) is 0 Å². The molecule has 0 aromatic heterocycles. The quantitative estimate of drug-likeness (QED) is 0.718. The molecule has 23 heavy (non-hydrogen) atoms. The summed E-state index contributed by atoms with van der Waals surface area (Å²) in [6.45, 7) is 6.57. The van der Waals surface area contributed by atoms with Gasteiger partial charge >= 0.3 is 0 Å². The predicted octanol–water partition coefficient (Wildman–Crippen LogP) is 5.30. The van der Waals surface area contributed by atoms with Gasteiger partial charge in [0.2, 0.25) is 0 Å². The predicted molar refractivity (Wildman–Crippen MR) is 97.5 cm³/mol. The number of unbranched alkanes of at least 4 members (excludes halogenated alkanes) is 1. The number of rotatable bonds is 6. The van der Waals surface area contributed by atoms with Gasteiger partial charge in [-0.1, -0.05) is 56.2 Å². The summed E-state index contributed by atoms with van der Waals surface area (Å²) in [6, 6.07) is 15.1. The van der Waals surface area contributed by atoms with Crippen LogP contribution in [0.4, 0.5) is 5.69 Å². The zero-order valence-electron chi connectivity index (χ0n) is 14.5. The van der Waals surface area contributed by atoms with Crippen LogP contribution in [-0.4, -0.2) is 13.7 Å². The van der Waals surface area contributed by atoms with Crippen molar-refractivity contribution in [1.82, 2.24) is 0 Å². The lowest BCUT2D eigenvalue weighted by Gasteiger charge is -2.22. The van der Waals surface area contributed by atoms with Crippen LogP contribution >= 0.6 is 0 Å². The lowest BCUT2D eigenvalue weighted by Crippen LogP contribution is -2.21. The Hall–Kier alpha value is -1.96. The van der Waals surface area contributed by atoms with Crippen LogP contribution in [0.2, 0.25) is 0 Å². The van der Waals surface area contributed by atoms with E-state index in [9.17, 15) is 0 Å². The lowest BCUT2D eigenvalue weighted by molar-refractivity contribution is 0.406. The van der Waals surface area contributed by atoms with E-state index in [0.29, 0.717) is 5.92 Å². The Morgan fingerprint density at radius 1 is 1.13 bits per heavy atom. The summed E-state index contributed by atoms with van der Waals surface area (Å²) in [7, 11) is 1.79. The van der Waals surface area contributed by atoms with Gasteiger partial charge in [-0.2, -0.15) is 0 Å². The molecule has 0 saturated carbocycles. The molecule has 0 spiro atoms. The van der Waals surface area contributed by atoms with Crippen LogP contribution in [0.15, 0.2) is 42.5 Å². The highest BCUT2D eigenvalue weighted by atomic mass is 16.5. The minimum Gasteiger partial charge on any atom is -0.496 e. The smallest absolute Gasteiger partial charge is 0.124 e. The number of fused-ring (bicyclic) bond motifs is 1. The van der Waals surface area contributed by atoms with Gasteiger partial charge in [0.25, 0.3) is 0 Å². The molecule has 2 aromatic carbocycles. The van der Waals surface area contributed by atoms with E-state index in [1.165, 1.54) is 41.6 Å². The molecule has 0 aliphatic carbocycles. The van der Waals surface area contributed by atoms with E-state index in [1.54, 1.807) is 7.11 Å². The number of nitrogens with zero attached hydrogens (tertiary/aromatic N) is 1. The molecule has 1 unspecified atom stereocenters. The van der Waals surface area contributed by atoms with Gasteiger partial charge in [-0.3, -0.25) is 0 Å². The maximum atomic E-state index is 5.69. The molecule has 2 heteroatoms. The fraction of sp³-hybridized carbons (Fsp3) is 0.429. The van der Waals surface area contributed by atoms with Gasteiger partial charge in [0.1, 0.15) is 5.75 Å². The van der Waals surface area contributed by atoms with Gasteiger partial charge in [-0.15, -0.1) is 0 Å². The second-order valence-corrected chi connectivity index (χ2v) is 6.55. The number of ether oxygens (including phenoxy) is 1. The maximum Gasteiger partial charge on any atom is 0.124 e. The minimum absolute atomic E-state index is 0.587. The maximum absolute atomic E-state index is 5.69. The Bertz CT molecular complexity index is 650. The third-order valence-electron chi connectivity index (χ3n) is 4.89. The van der Waals surface area contributed by atoms with E-state index in [0.717, 1.165) is 18.8 Å². The average Bonchev–Trinajstić information content (AvgIpc) is 2.94. The van der Waals surface area contributed by atoms with Crippen molar-refractivity contribution in [3.8, 4) is 5.75 Å². The Morgan fingerprint density at radius 3 is 2.61 bits per heavy atom. The van der Waals surface area contributed by atoms with E-state index >= 15 is 0 Å². The zero-order chi connectivity index (χ0) is 16.2. The van der Waals surface area contributed by atoms with Gasteiger partial charge in [0.05, 0.1) is 7.11 Å². The molecule has 0 saturated heterocycles. The van der Waals surface area contributed by atoms with Crippen molar-refractivity contribution in [3.63, 3.8) is 0 Å².